The normalized spacial score (nSPS) is 16.0. The van der Waals surface area contributed by atoms with Crippen molar-refractivity contribution in [3.8, 4) is 0 Å². The summed E-state index contributed by atoms with van der Waals surface area (Å²) >= 11 is 0. The first-order valence-corrected chi connectivity index (χ1v) is 9.77. The van der Waals surface area contributed by atoms with Gasteiger partial charge >= 0.3 is 0 Å². The molecule has 3 aromatic rings. The van der Waals surface area contributed by atoms with Gasteiger partial charge in [0, 0.05) is 5.56 Å². The molecule has 0 bridgehead atoms. The first-order chi connectivity index (χ1) is 13.6. The van der Waals surface area contributed by atoms with Crippen LogP contribution in [0.3, 0.4) is 0 Å². The fraction of sp³-hybridized carbons (Fsp3) is 0.333. The molecular formula is C21H26FN6+. The second kappa shape index (κ2) is 7.98. The van der Waals surface area contributed by atoms with E-state index in [1.165, 1.54) is 0 Å². The molecule has 0 atom stereocenters. The Kier molecular flexibility index (Phi) is 5.25. The molecule has 7 heteroatoms. The molecule has 4 rings (SSSR count). The van der Waals surface area contributed by atoms with Gasteiger partial charge in [-0.25, -0.2) is 14.8 Å². The molecule has 28 heavy (non-hydrogen) atoms. The molecule has 1 aliphatic heterocycles. The van der Waals surface area contributed by atoms with E-state index in [1.807, 2.05) is 43.3 Å². The minimum Gasteiger partial charge on any atom is -0.358 e. The Morgan fingerprint density at radius 3 is 2.75 bits per heavy atom. The van der Waals surface area contributed by atoms with Crippen molar-refractivity contribution in [3.63, 3.8) is 0 Å². The zero-order valence-corrected chi connectivity index (χ0v) is 16.3. The maximum atomic E-state index is 14.7. The van der Waals surface area contributed by atoms with E-state index in [1.54, 1.807) is 11.0 Å². The van der Waals surface area contributed by atoms with Crippen molar-refractivity contribution in [2.45, 2.75) is 13.8 Å². The van der Waals surface area contributed by atoms with Crippen LogP contribution in [0.5, 0.6) is 0 Å². The van der Waals surface area contributed by atoms with Gasteiger partial charge in [-0.05, 0) is 38.1 Å². The topological polar surface area (TPSA) is 60.8 Å². The molecule has 0 spiro atoms. The van der Waals surface area contributed by atoms with Crippen molar-refractivity contribution in [1.82, 2.24) is 9.97 Å². The number of piperazine rings is 1. The lowest BCUT2D eigenvalue weighted by Gasteiger charge is -2.33. The van der Waals surface area contributed by atoms with Crippen molar-refractivity contribution >= 4 is 28.4 Å². The first kappa shape index (κ1) is 18.4. The number of halogens is 1. The molecule has 146 valence electrons. The Morgan fingerprint density at radius 1 is 1.25 bits per heavy atom. The van der Waals surface area contributed by atoms with Gasteiger partial charge in [0.2, 0.25) is 5.95 Å². The number of quaternary nitrogens is 1. The number of imidazole rings is 1. The number of aromatic amines is 1. The van der Waals surface area contributed by atoms with Crippen LogP contribution in [0.15, 0.2) is 47.6 Å². The molecule has 0 radical (unpaired) electrons. The fourth-order valence-corrected chi connectivity index (χ4v) is 3.61. The van der Waals surface area contributed by atoms with Crippen LogP contribution in [0.1, 0.15) is 19.4 Å². The predicted octanol–water partition coefficient (Wildman–Crippen LogP) is 2.26. The molecule has 0 aliphatic carbocycles. The van der Waals surface area contributed by atoms with Crippen LogP contribution in [0.2, 0.25) is 0 Å². The summed E-state index contributed by atoms with van der Waals surface area (Å²) in [5.74, 6) is 0.365. The lowest BCUT2D eigenvalue weighted by atomic mass is 10.1. The number of fused-ring (bicyclic) bond motifs is 1. The van der Waals surface area contributed by atoms with E-state index in [9.17, 15) is 4.39 Å². The summed E-state index contributed by atoms with van der Waals surface area (Å²) in [6.45, 7) is 9.07. The highest BCUT2D eigenvalue weighted by atomic mass is 19.1. The first-order valence-electron chi connectivity index (χ1n) is 9.77. The van der Waals surface area contributed by atoms with Gasteiger partial charge in [-0.3, -0.25) is 0 Å². The third-order valence-electron chi connectivity index (χ3n) is 5.40. The number of nitrogens with zero attached hydrogens (tertiary/aromatic N) is 3. The minimum absolute atomic E-state index is 0.198. The van der Waals surface area contributed by atoms with Gasteiger partial charge in [0.25, 0.3) is 0 Å². The quantitative estimate of drug-likeness (QED) is 0.469. The van der Waals surface area contributed by atoms with Crippen molar-refractivity contribution < 1.29 is 9.29 Å². The standard InChI is InChI=1S/C21H25FN6/c1-3-27-10-12-28(13-11-27)20-9-8-16(14-17(20)22)15(2)25-26-21-23-18-6-4-5-7-19(18)24-21/h4-9,14H,3,10-13H2,1-2H3,(H2,23,24,26)/p+1/b25-15-. The number of H-pyrrole nitrogens is 1. The van der Waals surface area contributed by atoms with Gasteiger partial charge in [-0.1, -0.05) is 18.2 Å². The Bertz CT molecular complexity index is 954. The molecule has 2 heterocycles. The molecular weight excluding hydrogens is 355 g/mol. The van der Waals surface area contributed by atoms with Crippen LogP contribution in [0.4, 0.5) is 16.0 Å². The highest BCUT2D eigenvalue weighted by Gasteiger charge is 2.21. The molecule has 6 nitrogen and oxygen atoms in total. The van der Waals surface area contributed by atoms with Crippen LogP contribution in [0, 0.1) is 5.82 Å². The molecule has 0 amide bonds. The van der Waals surface area contributed by atoms with E-state index >= 15 is 0 Å². The smallest absolute Gasteiger partial charge is 0.222 e. The van der Waals surface area contributed by atoms with Crippen molar-refractivity contribution in [1.29, 1.82) is 0 Å². The predicted molar refractivity (Wildman–Crippen MR) is 112 cm³/mol. The van der Waals surface area contributed by atoms with Crippen molar-refractivity contribution in [2.75, 3.05) is 43.0 Å². The number of anilines is 2. The molecule has 2 aromatic carbocycles. The summed E-state index contributed by atoms with van der Waals surface area (Å²) < 4.78 is 14.7. The number of rotatable bonds is 5. The van der Waals surface area contributed by atoms with E-state index in [0.717, 1.165) is 49.3 Å². The molecule has 1 saturated heterocycles. The summed E-state index contributed by atoms with van der Waals surface area (Å²) in [6.07, 6.45) is 0. The summed E-state index contributed by atoms with van der Waals surface area (Å²) in [7, 11) is 0. The Labute approximate surface area is 164 Å². The minimum atomic E-state index is -0.198. The van der Waals surface area contributed by atoms with Crippen molar-refractivity contribution in [3.05, 3.63) is 53.8 Å². The number of hydrazone groups is 1. The second-order valence-corrected chi connectivity index (χ2v) is 7.17. The average Bonchev–Trinajstić information content (AvgIpc) is 3.15. The summed E-state index contributed by atoms with van der Waals surface area (Å²) in [6, 6.07) is 13.1. The zero-order chi connectivity index (χ0) is 19.5. The van der Waals surface area contributed by atoms with Crippen molar-refractivity contribution in [2.24, 2.45) is 5.10 Å². The SMILES string of the molecule is CC[NH+]1CCN(c2ccc(/C(C)=N\Nc3nc4ccccc4[nH]3)cc2F)CC1. The number of benzene rings is 2. The van der Waals surface area contributed by atoms with Gasteiger partial charge in [0.05, 0.1) is 55.2 Å². The molecule has 1 aliphatic rings. The lowest BCUT2D eigenvalue weighted by molar-refractivity contribution is -0.898. The Morgan fingerprint density at radius 2 is 2.04 bits per heavy atom. The van der Waals surface area contributed by atoms with E-state index in [4.69, 9.17) is 0 Å². The van der Waals surface area contributed by atoms with E-state index < -0.39 is 0 Å². The van der Waals surface area contributed by atoms with Crippen LogP contribution in [-0.2, 0) is 0 Å². The largest absolute Gasteiger partial charge is 0.358 e. The molecule has 3 N–H and O–H groups in total. The molecule has 0 unspecified atom stereocenters. The van der Waals surface area contributed by atoms with Gasteiger partial charge in [-0.2, -0.15) is 5.10 Å². The summed E-state index contributed by atoms with van der Waals surface area (Å²) in [5, 5.41) is 4.35. The zero-order valence-electron chi connectivity index (χ0n) is 16.3. The second-order valence-electron chi connectivity index (χ2n) is 7.17. The number of hydrogen-bond donors (Lipinski definition) is 3. The van der Waals surface area contributed by atoms with E-state index in [2.05, 4.69) is 32.3 Å². The number of hydrogen-bond acceptors (Lipinski definition) is 4. The van der Waals surface area contributed by atoms with Gasteiger partial charge in [0.15, 0.2) is 0 Å². The van der Waals surface area contributed by atoms with Crippen LogP contribution >= 0.6 is 0 Å². The monoisotopic (exact) mass is 381 g/mol. The van der Waals surface area contributed by atoms with E-state index in [-0.39, 0.29) is 5.82 Å². The lowest BCUT2D eigenvalue weighted by Crippen LogP contribution is -3.14. The highest BCUT2D eigenvalue weighted by molar-refractivity contribution is 5.99. The fourth-order valence-electron chi connectivity index (χ4n) is 3.61. The maximum Gasteiger partial charge on any atom is 0.222 e. The Hall–Kier alpha value is -2.93. The Balaban J connectivity index is 1.46. The average molecular weight is 381 g/mol. The van der Waals surface area contributed by atoms with Gasteiger partial charge in [0.1, 0.15) is 5.82 Å². The third-order valence-corrected chi connectivity index (χ3v) is 5.40. The molecule has 1 aromatic heterocycles. The van der Waals surface area contributed by atoms with Crippen LogP contribution < -0.4 is 15.2 Å². The summed E-state index contributed by atoms with van der Waals surface area (Å²) in [4.78, 5) is 11.3. The number of likely N-dealkylation sites (N-methyl/N-ethyl adjacent to an activating group) is 1. The van der Waals surface area contributed by atoms with E-state index in [0.29, 0.717) is 17.3 Å². The maximum absolute atomic E-state index is 14.7. The number of aromatic nitrogens is 2. The number of nitrogens with one attached hydrogen (secondary N) is 3. The van der Waals surface area contributed by atoms with Crippen LogP contribution in [0.25, 0.3) is 11.0 Å². The molecule has 1 fully saturated rings. The van der Waals surface area contributed by atoms with Gasteiger partial charge in [-0.15, -0.1) is 0 Å². The number of para-hydroxylation sites is 2. The third kappa shape index (κ3) is 3.84. The highest BCUT2D eigenvalue weighted by Crippen LogP contribution is 2.21. The molecule has 0 saturated carbocycles. The van der Waals surface area contributed by atoms with Gasteiger partial charge < -0.3 is 14.8 Å². The van der Waals surface area contributed by atoms with Crippen LogP contribution in [-0.4, -0.2) is 48.4 Å². The summed E-state index contributed by atoms with van der Waals surface area (Å²) in [5.41, 5.74) is 6.87.